The number of nitrogens with zero attached hydrogens (tertiary/aromatic N) is 1. The maximum absolute atomic E-state index is 14.1. The number of hydrogen-bond donors (Lipinski definition) is 11. The topological polar surface area (TPSA) is 299 Å². The molecule has 6 aliphatic rings. The minimum absolute atomic E-state index is 0. The molecule has 4 unspecified atom stereocenters. The van der Waals surface area contributed by atoms with Gasteiger partial charge in [0.15, 0.2) is 0 Å². The van der Waals surface area contributed by atoms with Gasteiger partial charge in [-0.25, -0.2) is 4.79 Å². The number of halogens is 3. The first-order valence-electron chi connectivity index (χ1n) is 27.1. The first kappa shape index (κ1) is 73.6. The Labute approximate surface area is 516 Å². The molecular weight excluding hydrogens is 1190 g/mol. The van der Waals surface area contributed by atoms with E-state index in [9.17, 15) is 59.1 Å². The monoisotopic (exact) mass is 1280 g/mol. The molecule has 4 saturated heterocycles. The predicted octanol–water partition coefficient (Wildman–Crippen LogP) is 4.60. The van der Waals surface area contributed by atoms with Gasteiger partial charge in [-0.3, -0.25) is 14.5 Å². The average Bonchev–Trinajstić information content (AvgIpc) is 2.86. The molecule has 0 aliphatic carbocycles. The van der Waals surface area contributed by atoms with Crippen LogP contribution in [0.25, 0.3) is 11.1 Å². The maximum Gasteiger partial charge on any atom is 0.411 e. The second-order valence-electron chi connectivity index (χ2n) is 22.1. The number of carbonyl (C=O) groups excluding carboxylic acids is 3. The summed E-state index contributed by atoms with van der Waals surface area (Å²) in [4.78, 5) is 42.3. The third kappa shape index (κ3) is 18.2. The number of amides is 3. The van der Waals surface area contributed by atoms with Crippen LogP contribution in [-0.4, -0.2) is 221 Å². The molecule has 0 aromatic heterocycles. The number of carbonyl (C=O) groups is 3. The quantitative estimate of drug-likeness (QED) is 0.115. The van der Waals surface area contributed by atoms with E-state index >= 15 is 0 Å². The van der Waals surface area contributed by atoms with Crippen molar-refractivity contribution in [3.05, 3.63) is 82.9 Å². The molecule has 20 nitrogen and oxygen atoms in total. The lowest BCUT2D eigenvalue weighted by Crippen LogP contribution is -2.65. The van der Waals surface area contributed by atoms with Crippen molar-refractivity contribution in [1.29, 1.82) is 0 Å². The number of ether oxygens (including phenoxy) is 5. The van der Waals surface area contributed by atoms with Crippen molar-refractivity contribution in [2.45, 2.75) is 188 Å². The van der Waals surface area contributed by atoms with Crippen LogP contribution in [-0.2, 0) is 46.5 Å². The number of allylic oxidation sites excluding steroid dienone is 2. The molecule has 6 heterocycles. The van der Waals surface area contributed by atoms with E-state index in [-0.39, 0.29) is 77.2 Å². The Kier molecular flexibility index (Phi) is 29.5. The fourth-order valence-electron chi connectivity index (χ4n) is 11.1. The van der Waals surface area contributed by atoms with Gasteiger partial charge in [0.2, 0.25) is 11.8 Å². The number of fused-ring (bicyclic) bond motifs is 2. The van der Waals surface area contributed by atoms with Crippen LogP contribution in [0.4, 0.5) is 8.68 Å². The minimum Gasteiger partial charge on any atom is -0.444 e. The van der Waals surface area contributed by atoms with Gasteiger partial charge in [0, 0.05) is 43.3 Å². The molecule has 0 saturated carbocycles. The number of rotatable bonds is 14. The molecule has 11 N–H and O–H groups in total. The van der Waals surface area contributed by atoms with Gasteiger partial charge >= 0.3 is 6.09 Å². The minimum atomic E-state index is -1.53. The molecule has 0 bridgehead atoms. The van der Waals surface area contributed by atoms with Crippen LogP contribution in [0.2, 0.25) is 0 Å². The molecule has 0 spiro atoms. The highest BCUT2D eigenvalue weighted by Crippen LogP contribution is 2.39. The molecule has 476 valence electrons. The van der Waals surface area contributed by atoms with Gasteiger partial charge in [0.25, 0.3) is 0 Å². The largest absolute Gasteiger partial charge is 0.444 e. The molecule has 20 atom stereocenters. The molecule has 4 fully saturated rings. The fraction of sp³-hybridized carbons (Fsp3) is 0.672. The average molecular weight is 1280 g/mol. The Bertz CT molecular complexity index is 2450. The lowest BCUT2D eigenvalue weighted by molar-refractivity contribution is -0.205. The standard InChI is InChI=1S/C30H43ClN2O9S.C25H35ClN2O7S.CH3FS.2CH4/c1-15(31)20(26-23(36)22(35)24(37)28(41-26)43-5)32-27(38)21-25-19(13-33(21)29(39)42-30(2,3)4)12-18(10-11-40-25)17-8-6-16(14-34)7-9-17;1-12(26)17(23-20(31)19(30)21(32)25(35-23)36-2)28-24(33)18-22-16(10-27-18)9-15(7-8-34-22)14-5-3-13(11-29)4-6-14;1-3-2;;/h6-10,15,19-26,28,34-37H,11-14H2,1-5H3,(H,32,38);3-7,12,16-23,25,27,29-32H,8-11H2,1-2H3,(H,28,33);1H3;2*1H4/t15-,19-,20+,21-,22+,23?,24+,25+,26+,28?;12-,16-,17+,18-,19+,20?,21+,22+,23+,25?;;;/m00.../s1. The van der Waals surface area contributed by atoms with Crippen molar-refractivity contribution in [3.63, 3.8) is 0 Å². The van der Waals surface area contributed by atoms with Crippen molar-refractivity contribution in [3.8, 4) is 0 Å². The molecule has 0 radical (unpaired) electrons. The fourth-order valence-corrected chi connectivity index (χ4v) is 12.9. The third-order valence-electron chi connectivity index (χ3n) is 15.3. The Morgan fingerprint density at radius 3 is 1.51 bits per heavy atom. The zero-order chi connectivity index (χ0) is 60.3. The zero-order valence-corrected chi connectivity index (χ0v) is 51.1. The van der Waals surface area contributed by atoms with Crippen molar-refractivity contribution in [2.75, 3.05) is 45.1 Å². The number of aliphatic hydroxyl groups excluding tert-OH is 8. The normalized spacial score (nSPS) is 32.5. The molecule has 2 aromatic rings. The van der Waals surface area contributed by atoms with E-state index in [0.29, 0.717) is 19.6 Å². The van der Waals surface area contributed by atoms with Gasteiger partial charge < -0.3 is 80.5 Å². The molecular formula is C58H89Cl2FN4O16S3. The second-order valence-corrected chi connectivity index (χ2v) is 25.6. The van der Waals surface area contributed by atoms with Crippen LogP contribution in [0.3, 0.4) is 0 Å². The van der Waals surface area contributed by atoms with Crippen molar-refractivity contribution in [1.82, 2.24) is 20.9 Å². The van der Waals surface area contributed by atoms with E-state index in [0.717, 1.165) is 51.6 Å². The van der Waals surface area contributed by atoms with Crippen molar-refractivity contribution >= 4 is 87.9 Å². The summed E-state index contributed by atoms with van der Waals surface area (Å²) in [6.07, 6.45) is -2.24. The summed E-state index contributed by atoms with van der Waals surface area (Å²) < 4.78 is 40.0. The maximum atomic E-state index is 14.1. The summed E-state index contributed by atoms with van der Waals surface area (Å²) in [5, 5.41) is 89.1. The number of aliphatic hydroxyl groups is 8. The first-order valence-corrected chi connectivity index (χ1v) is 31.7. The SMILES string of the molecule is C.C.CSC1O[C@H]([C@H](NC(=O)[C@@H]2[C@@H]3OCC=C(c4ccc(CO)cc4)C[C@H]3CN2C(=O)OC(C)(C)C)[C@H](C)Cl)C(O)[C@@H](O)[C@H]1O.CSC1O[C@H]([C@H](NC(=O)[C@H]2NC[C@@H]3CC(c4ccc(CO)cc4)=CCO[C@H]32)[C@H](C)Cl)C(O)[C@@H](O)[C@H]1O.CSF. The summed E-state index contributed by atoms with van der Waals surface area (Å²) >= 11 is 15.5. The summed E-state index contributed by atoms with van der Waals surface area (Å²) in [6.45, 7) is 9.85. The number of benzene rings is 2. The number of likely N-dealkylation sites (tertiary alicyclic amines) is 1. The van der Waals surface area contributed by atoms with Crippen LogP contribution in [0.15, 0.2) is 60.7 Å². The number of hydrogen-bond acceptors (Lipinski definition) is 20. The van der Waals surface area contributed by atoms with Gasteiger partial charge in [-0.15, -0.1) is 46.7 Å². The third-order valence-corrected chi connectivity index (χ3v) is 17.6. The zero-order valence-electron chi connectivity index (χ0n) is 47.1. The summed E-state index contributed by atoms with van der Waals surface area (Å²) in [6, 6.07) is 11.8. The Balaban J connectivity index is 0.000000341. The molecule has 8 rings (SSSR count). The first-order chi connectivity index (χ1) is 38.9. The molecule has 3 amide bonds. The lowest BCUT2D eigenvalue weighted by Gasteiger charge is -2.44. The van der Waals surface area contributed by atoms with Gasteiger partial charge in [0.05, 0.1) is 61.5 Å². The van der Waals surface area contributed by atoms with Crippen LogP contribution in [0, 0.1) is 11.8 Å². The van der Waals surface area contributed by atoms with E-state index in [1.54, 1.807) is 47.1 Å². The highest BCUT2D eigenvalue weighted by atomic mass is 35.5. The lowest BCUT2D eigenvalue weighted by atomic mass is 9.90. The summed E-state index contributed by atoms with van der Waals surface area (Å²) in [7, 11) is 0. The summed E-state index contributed by atoms with van der Waals surface area (Å²) in [5.41, 5.74) is 3.38. The Morgan fingerprint density at radius 1 is 0.690 bits per heavy atom. The van der Waals surface area contributed by atoms with Crippen LogP contribution in [0.5, 0.6) is 0 Å². The molecule has 26 heteroatoms. The van der Waals surface area contributed by atoms with Gasteiger partial charge in [0.1, 0.15) is 77.4 Å². The smallest absolute Gasteiger partial charge is 0.411 e. The van der Waals surface area contributed by atoms with Crippen LogP contribution < -0.4 is 16.0 Å². The van der Waals surface area contributed by atoms with E-state index in [1.165, 1.54) is 22.9 Å². The number of thioether (sulfide) groups is 2. The molecule has 2 aromatic carbocycles. The Hall–Kier alpha value is -2.83. The predicted molar refractivity (Wildman–Crippen MR) is 328 cm³/mol. The van der Waals surface area contributed by atoms with E-state index in [4.69, 9.17) is 46.9 Å². The van der Waals surface area contributed by atoms with Gasteiger partial charge in [-0.1, -0.05) is 75.5 Å². The summed E-state index contributed by atoms with van der Waals surface area (Å²) in [5.74, 6) is -1.05. The van der Waals surface area contributed by atoms with Crippen molar-refractivity contribution < 1.29 is 82.8 Å². The van der Waals surface area contributed by atoms with Gasteiger partial charge in [-0.05, 0) is 93.4 Å². The van der Waals surface area contributed by atoms with Crippen LogP contribution in [0.1, 0.15) is 84.6 Å². The van der Waals surface area contributed by atoms with Crippen LogP contribution >= 0.6 is 58.9 Å². The Morgan fingerprint density at radius 2 is 1.11 bits per heavy atom. The van der Waals surface area contributed by atoms with E-state index < -0.39 is 118 Å². The second kappa shape index (κ2) is 33.7. The number of nitrogens with one attached hydrogen (secondary N) is 3. The molecule has 84 heavy (non-hydrogen) atoms. The van der Waals surface area contributed by atoms with E-state index in [2.05, 4.69) is 16.0 Å². The van der Waals surface area contributed by atoms with Gasteiger partial charge in [-0.2, -0.15) is 3.89 Å². The highest BCUT2D eigenvalue weighted by Gasteiger charge is 2.54. The van der Waals surface area contributed by atoms with E-state index in [1.807, 2.05) is 60.7 Å². The highest BCUT2D eigenvalue weighted by molar-refractivity contribution is 7.99. The molecule has 6 aliphatic heterocycles. The number of alkyl halides is 2. The van der Waals surface area contributed by atoms with Crippen molar-refractivity contribution in [2.24, 2.45) is 11.8 Å².